The zero-order valence-electron chi connectivity index (χ0n) is 8.38. The molecule has 0 heterocycles. The zero-order chi connectivity index (χ0) is 11.6. The monoisotopic (exact) mass is 217 g/mol. The first kappa shape index (κ1) is 11.9. The van der Waals surface area contributed by atoms with Gasteiger partial charge >= 0.3 is 5.97 Å². The van der Waals surface area contributed by atoms with Crippen LogP contribution in [0.25, 0.3) is 0 Å². The van der Waals surface area contributed by atoms with Crippen LogP contribution < -0.4 is 5.32 Å². The van der Waals surface area contributed by atoms with E-state index < -0.39 is 30.1 Å². The van der Waals surface area contributed by atoms with Gasteiger partial charge in [0.25, 0.3) is 0 Å². The molecule has 1 aliphatic rings. The molecule has 0 aromatic carbocycles. The van der Waals surface area contributed by atoms with E-state index in [1.807, 2.05) is 0 Å². The molecule has 1 rings (SSSR count). The molecule has 15 heavy (non-hydrogen) atoms. The van der Waals surface area contributed by atoms with E-state index >= 15 is 0 Å². The molecule has 1 saturated carbocycles. The van der Waals surface area contributed by atoms with Crippen molar-refractivity contribution in [3.05, 3.63) is 0 Å². The van der Waals surface area contributed by atoms with E-state index in [-0.39, 0.29) is 18.7 Å². The minimum Gasteiger partial charge on any atom is -0.481 e. The molecule has 1 fully saturated rings. The fraction of sp³-hybridized carbons (Fsp3) is 0.778. The average Bonchev–Trinajstić information content (AvgIpc) is 2.09. The lowest BCUT2D eigenvalue weighted by atomic mass is 9.81. The first-order chi connectivity index (χ1) is 6.91. The minimum atomic E-state index is -1.07. The van der Waals surface area contributed by atoms with Crippen LogP contribution >= 0.6 is 0 Å². The predicted molar refractivity (Wildman–Crippen MR) is 50.0 cm³/mol. The van der Waals surface area contributed by atoms with E-state index in [1.165, 1.54) is 6.92 Å². The maximum atomic E-state index is 10.9. The van der Waals surface area contributed by atoms with Crippen LogP contribution in [0.3, 0.4) is 0 Å². The summed E-state index contributed by atoms with van der Waals surface area (Å²) < 4.78 is 0. The van der Waals surface area contributed by atoms with Gasteiger partial charge < -0.3 is 20.6 Å². The molecule has 6 heteroatoms. The molecule has 86 valence electrons. The fourth-order valence-electron chi connectivity index (χ4n) is 1.86. The number of aliphatic hydroxyl groups is 2. The van der Waals surface area contributed by atoms with Gasteiger partial charge in [-0.25, -0.2) is 0 Å². The molecule has 0 radical (unpaired) electrons. The van der Waals surface area contributed by atoms with Crippen LogP contribution in [0.4, 0.5) is 0 Å². The summed E-state index contributed by atoms with van der Waals surface area (Å²) in [4.78, 5) is 21.7. The summed E-state index contributed by atoms with van der Waals surface area (Å²) in [7, 11) is 0. The predicted octanol–water partition coefficient (Wildman–Crippen LogP) is -1.29. The quantitative estimate of drug-likeness (QED) is 0.460. The van der Waals surface area contributed by atoms with Crippen molar-refractivity contribution in [3.8, 4) is 0 Å². The maximum absolute atomic E-state index is 10.9. The van der Waals surface area contributed by atoms with Crippen molar-refractivity contribution >= 4 is 11.9 Å². The number of aliphatic carboxylic acids is 1. The van der Waals surface area contributed by atoms with Gasteiger partial charge in [0.15, 0.2) is 0 Å². The van der Waals surface area contributed by atoms with Crippen molar-refractivity contribution in [1.29, 1.82) is 0 Å². The number of carboxylic acid groups (broad SMARTS) is 1. The van der Waals surface area contributed by atoms with Crippen molar-refractivity contribution in [2.75, 3.05) is 0 Å². The largest absolute Gasteiger partial charge is 0.481 e. The average molecular weight is 217 g/mol. The lowest BCUT2D eigenvalue weighted by Gasteiger charge is -2.35. The standard InChI is InChI=1S/C9H15NO5/c1-4(11)10-6-3-8(13)7(12)2-5(6)9(14)15/h5-8,12-13H,2-3H2,1H3,(H,10,11)(H,14,15)/t5-,6+,7+,8-/m0/s1. The molecule has 0 aromatic heterocycles. The van der Waals surface area contributed by atoms with Gasteiger partial charge in [-0.3, -0.25) is 9.59 Å². The van der Waals surface area contributed by atoms with Gasteiger partial charge in [0.1, 0.15) is 0 Å². The number of hydrogen-bond acceptors (Lipinski definition) is 4. The third kappa shape index (κ3) is 2.90. The van der Waals surface area contributed by atoms with E-state index in [1.54, 1.807) is 0 Å². The van der Waals surface area contributed by atoms with Crippen molar-refractivity contribution in [3.63, 3.8) is 0 Å². The summed E-state index contributed by atoms with van der Waals surface area (Å²) in [6.45, 7) is 1.29. The Bertz CT molecular complexity index is 267. The Morgan fingerprint density at radius 2 is 1.73 bits per heavy atom. The summed E-state index contributed by atoms with van der Waals surface area (Å²) >= 11 is 0. The van der Waals surface area contributed by atoms with Crippen molar-refractivity contribution < 1.29 is 24.9 Å². The number of rotatable bonds is 2. The second-order valence-electron chi connectivity index (χ2n) is 3.86. The topological polar surface area (TPSA) is 107 Å². The van der Waals surface area contributed by atoms with Gasteiger partial charge in [0.2, 0.25) is 5.91 Å². The number of carbonyl (C=O) groups excluding carboxylic acids is 1. The number of carbonyl (C=O) groups is 2. The van der Waals surface area contributed by atoms with E-state index in [0.717, 1.165) is 0 Å². The first-order valence-electron chi connectivity index (χ1n) is 4.78. The molecule has 6 nitrogen and oxygen atoms in total. The van der Waals surface area contributed by atoms with Crippen molar-refractivity contribution in [2.45, 2.75) is 38.0 Å². The Kier molecular flexibility index (Phi) is 3.65. The second kappa shape index (κ2) is 4.59. The van der Waals surface area contributed by atoms with Gasteiger partial charge in [-0.1, -0.05) is 0 Å². The highest BCUT2D eigenvalue weighted by Crippen LogP contribution is 2.25. The van der Waals surface area contributed by atoms with Crippen LogP contribution in [0.5, 0.6) is 0 Å². The normalized spacial score (nSPS) is 35.9. The molecule has 1 aliphatic carbocycles. The Hall–Kier alpha value is -1.14. The SMILES string of the molecule is CC(=O)N[C@@H]1C[C@H](O)[C@H](O)C[C@@H]1C(=O)O. The Morgan fingerprint density at radius 1 is 1.20 bits per heavy atom. The van der Waals surface area contributed by atoms with Gasteiger partial charge in [0.05, 0.1) is 18.1 Å². The number of nitrogens with one attached hydrogen (secondary N) is 1. The zero-order valence-corrected chi connectivity index (χ0v) is 8.38. The number of carboxylic acids is 1. The molecular weight excluding hydrogens is 202 g/mol. The third-order valence-corrected chi connectivity index (χ3v) is 2.63. The van der Waals surface area contributed by atoms with Crippen LogP contribution in [0.2, 0.25) is 0 Å². The van der Waals surface area contributed by atoms with Gasteiger partial charge in [-0.2, -0.15) is 0 Å². The summed E-state index contributed by atoms with van der Waals surface area (Å²) in [5.74, 6) is -2.25. The summed E-state index contributed by atoms with van der Waals surface area (Å²) in [5.41, 5.74) is 0. The molecule has 1 amide bonds. The maximum Gasteiger partial charge on any atom is 0.308 e. The molecule has 0 saturated heterocycles. The van der Waals surface area contributed by atoms with Crippen LogP contribution in [-0.4, -0.2) is 45.4 Å². The van der Waals surface area contributed by atoms with Crippen LogP contribution in [0.1, 0.15) is 19.8 Å². The molecule has 0 unspecified atom stereocenters. The highest BCUT2D eigenvalue weighted by Gasteiger charge is 2.39. The molecule has 0 bridgehead atoms. The minimum absolute atomic E-state index is 0.0402. The van der Waals surface area contributed by atoms with Gasteiger partial charge in [-0.05, 0) is 12.8 Å². The first-order valence-corrected chi connectivity index (χ1v) is 4.78. The number of amides is 1. The van der Waals surface area contributed by atoms with Gasteiger partial charge in [0, 0.05) is 13.0 Å². The van der Waals surface area contributed by atoms with Crippen LogP contribution in [-0.2, 0) is 9.59 Å². The fourth-order valence-corrected chi connectivity index (χ4v) is 1.86. The Labute approximate surface area is 86.9 Å². The van der Waals surface area contributed by atoms with Gasteiger partial charge in [-0.15, -0.1) is 0 Å². The molecule has 0 aliphatic heterocycles. The van der Waals surface area contributed by atoms with E-state index in [0.29, 0.717) is 0 Å². The Morgan fingerprint density at radius 3 is 2.20 bits per heavy atom. The number of aliphatic hydroxyl groups excluding tert-OH is 2. The summed E-state index contributed by atoms with van der Waals surface area (Å²) in [6.07, 6.45) is -1.98. The Balaban J connectivity index is 2.72. The van der Waals surface area contributed by atoms with E-state index in [2.05, 4.69) is 5.32 Å². The second-order valence-corrected chi connectivity index (χ2v) is 3.86. The smallest absolute Gasteiger partial charge is 0.308 e. The van der Waals surface area contributed by atoms with Crippen LogP contribution in [0.15, 0.2) is 0 Å². The number of hydrogen-bond donors (Lipinski definition) is 4. The summed E-state index contributed by atoms with van der Waals surface area (Å²) in [6, 6.07) is -0.613. The van der Waals surface area contributed by atoms with E-state index in [9.17, 15) is 19.8 Å². The molecular formula is C9H15NO5. The molecule has 4 N–H and O–H groups in total. The van der Waals surface area contributed by atoms with Crippen LogP contribution in [0, 0.1) is 5.92 Å². The van der Waals surface area contributed by atoms with Crippen molar-refractivity contribution in [1.82, 2.24) is 5.32 Å². The lowest BCUT2D eigenvalue weighted by molar-refractivity contribution is -0.148. The molecule has 4 atom stereocenters. The third-order valence-electron chi connectivity index (χ3n) is 2.63. The van der Waals surface area contributed by atoms with Crippen molar-refractivity contribution in [2.24, 2.45) is 5.92 Å². The highest BCUT2D eigenvalue weighted by molar-refractivity contribution is 5.76. The highest BCUT2D eigenvalue weighted by atomic mass is 16.4. The molecule has 0 aromatic rings. The lowest BCUT2D eigenvalue weighted by Crippen LogP contribution is -2.52. The summed E-state index contributed by atoms with van der Waals surface area (Å²) in [5, 5.41) is 30.0. The molecule has 0 spiro atoms. The van der Waals surface area contributed by atoms with E-state index in [4.69, 9.17) is 5.11 Å².